The molecule has 1 heterocycles. The van der Waals surface area contributed by atoms with E-state index in [1.54, 1.807) is 0 Å². The topological polar surface area (TPSA) is 99.1 Å². The molecule has 1 aromatic carbocycles. The van der Waals surface area contributed by atoms with E-state index in [9.17, 15) is 8.42 Å². The van der Waals surface area contributed by atoms with Gasteiger partial charge in [-0.25, -0.2) is 8.42 Å². The maximum Gasteiger partial charge on any atom is 0.243 e. The maximum absolute atomic E-state index is 11.1. The number of aryl methyl sites for hydroxylation is 1. The zero-order chi connectivity index (χ0) is 14.8. The summed E-state index contributed by atoms with van der Waals surface area (Å²) in [7, 11) is -3.05. The van der Waals surface area contributed by atoms with E-state index >= 15 is 0 Å². The highest BCUT2D eigenvalue weighted by atomic mass is 32.2. The molecule has 0 saturated carbocycles. The molecule has 1 unspecified atom stereocenters. The lowest BCUT2D eigenvalue weighted by Crippen LogP contribution is -2.16. The molecule has 2 aromatic rings. The van der Waals surface area contributed by atoms with E-state index in [4.69, 9.17) is 10.3 Å². The monoisotopic (exact) mass is 295 g/mol. The molecular weight excluding hydrogens is 278 g/mol. The Bertz CT molecular complexity index is 677. The first-order chi connectivity index (χ1) is 9.35. The number of nitrogens with two attached hydrogens (primary N) is 1. The fraction of sp³-hybridized carbons (Fsp3) is 0.385. The quantitative estimate of drug-likeness (QED) is 0.897. The lowest BCUT2D eigenvalue weighted by atomic mass is 10.1. The van der Waals surface area contributed by atoms with E-state index in [1.165, 1.54) is 6.26 Å². The van der Waals surface area contributed by atoms with Crippen LogP contribution in [0.3, 0.4) is 0 Å². The molecule has 108 valence electrons. The highest BCUT2D eigenvalue weighted by molar-refractivity contribution is 7.90. The molecule has 0 amide bonds. The van der Waals surface area contributed by atoms with E-state index in [1.807, 2.05) is 31.2 Å². The van der Waals surface area contributed by atoms with Crippen LogP contribution in [-0.2, 0) is 9.84 Å². The minimum atomic E-state index is -3.05. The van der Waals surface area contributed by atoms with Gasteiger partial charge in [-0.2, -0.15) is 4.98 Å². The van der Waals surface area contributed by atoms with Crippen LogP contribution in [0.2, 0.25) is 0 Å². The molecule has 0 aliphatic rings. The Morgan fingerprint density at radius 1 is 1.30 bits per heavy atom. The summed E-state index contributed by atoms with van der Waals surface area (Å²) in [4.78, 5) is 4.21. The number of hydrogen-bond acceptors (Lipinski definition) is 6. The molecule has 6 nitrogen and oxygen atoms in total. The van der Waals surface area contributed by atoms with Crippen LogP contribution in [-0.4, -0.2) is 30.6 Å². The molecule has 7 heteroatoms. The second kappa shape index (κ2) is 5.72. The number of aromatic nitrogens is 2. The Labute approximate surface area is 117 Å². The van der Waals surface area contributed by atoms with Crippen molar-refractivity contribution in [1.29, 1.82) is 0 Å². The summed E-state index contributed by atoms with van der Waals surface area (Å²) in [5.41, 5.74) is 7.83. The summed E-state index contributed by atoms with van der Waals surface area (Å²) in [6.07, 6.45) is 1.43. The molecule has 0 saturated heterocycles. The van der Waals surface area contributed by atoms with Gasteiger partial charge in [0.05, 0.1) is 11.8 Å². The molecule has 1 atom stereocenters. The number of sulfone groups is 1. The van der Waals surface area contributed by atoms with E-state index in [0.29, 0.717) is 5.82 Å². The van der Waals surface area contributed by atoms with Crippen molar-refractivity contribution in [2.45, 2.75) is 19.4 Å². The number of hydrogen-bond donors (Lipinski definition) is 1. The van der Waals surface area contributed by atoms with Crippen molar-refractivity contribution < 1.29 is 12.9 Å². The van der Waals surface area contributed by atoms with Gasteiger partial charge in [-0.05, 0) is 13.3 Å². The van der Waals surface area contributed by atoms with Crippen LogP contribution in [0.25, 0.3) is 11.4 Å². The third-order valence-corrected chi connectivity index (χ3v) is 3.85. The summed E-state index contributed by atoms with van der Waals surface area (Å²) in [5, 5.41) is 3.87. The fourth-order valence-corrected chi connectivity index (χ4v) is 2.35. The lowest BCUT2D eigenvalue weighted by Gasteiger charge is -2.04. The first kappa shape index (κ1) is 14.7. The second-order valence-electron chi connectivity index (χ2n) is 4.85. The summed E-state index contributed by atoms with van der Waals surface area (Å²) in [6.45, 7) is 1.99. The van der Waals surface area contributed by atoms with Crippen molar-refractivity contribution in [3.8, 4) is 11.4 Å². The molecule has 1 aromatic heterocycles. The Morgan fingerprint density at radius 3 is 2.55 bits per heavy atom. The highest BCUT2D eigenvalue weighted by Gasteiger charge is 2.17. The fourth-order valence-electron chi connectivity index (χ4n) is 1.67. The van der Waals surface area contributed by atoms with Gasteiger partial charge < -0.3 is 10.3 Å². The van der Waals surface area contributed by atoms with Crippen molar-refractivity contribution in [3.05, 3.63) is 35.7 Å². The number of nitrogens with zero attached hydrogens (tertiary/aromatic N) is 2. The molecule has 0 spiro atoms. The molecular formula is C13H17N3O3S. The molecule has 0 fully saturated rings. The van der Waals surface area contributed by atoms with Gasteiger partial charge in [0.25, 0.3) is 0 Å². The average molecular weight is 295 g/mol. The van der Waals surface area contributed by atoms with E-state index in [-0.39, 0.29) is 18.1 Å². The predicted octanol–water partition coefficient (Wildman–Crippen LogP) is 1.48. The van der Waals surface area contributed by atoms with Gasteiger partial charge in [-0.15, -0.1) is 0 Å². The van der Waals surface area contributed by atoms with Gasteiger partial charge in [-0.1, -0.05) is 35.0 Å². The second-order valence-corrected chi connectivity index (χ2v) is 7.11. The van der Waals surface area contributed by atoms with Crippen molar-refractivity contribution >= 4 is 9.84 Å². The van der Waals surface area contributed by atoms with Gasteiger partial charge in [0.15, 0.2) is 0 Å². The summed E-state index contributed by atoms with van der Waals surface area (Å²) < 4.78 is 27.3. The predicted molar refractivity (Wildman–Crippen MR) is 75.7 cm³/mol. The van der Waals surface area contributed by atoms with Gasteiger partial charge in [0.1, 0.15) is 9.84 Å². The van der Waals surface area contributed by atoms with Crippen molar-refractivity contribution in [3.63, 3.8) is 0 Å². The first-order valence-corrected chi connectivity index (χ1v) is 8.25. The van der Waals surface area contributed by atoms with Crippen molar-refractivity contribution in [2.75, 3.05) is 12.0 Å². The van der Waals surface area contributed by atoms with Gasteiger partial charge >= 0.3 is 0 Å². The van der Waals surface area contributed by atoms with Crippen LogP contribution in [0, 0.1) is 6.92 Å². The van der Waals surface area contributed by atoms with Crippen molar-refractivity contribution in [2.24, 2.45) is 5.73 Å². The Hall–Kier alpha value is -1.73. The third kappa shape index (κ3) is 3.88. The minimum Gasteiger partial charge on any atom is -0.337 e. The maximum atomic E-state index is 11.1. The molecule has 0 bridgehead atoms. The molecule has 2 N–H and O–H groups in total. The van der Waals surface area contributed by atoms with Crippen LogP contribution in [0.5, 0.6) is 0 Å². The SMILES string of the molecule is Cc1ccc(-c2noc(C(N)CCS(C)(=O)=O)n2)cc1. The molecule has 20 heavy (non-hydrogen) atoms. The normalized spacial score (nSPS) is 13.3. The zero-order valence-corrected chi connectivity index (χ0v) is 12.2. The largest absolute Gasteiger partial charge is 0.337 e. The first-order valence-electron chi connectivity index (χ1n) is 6.19. The van der Waals surface area contributed by atoms with Crippen LogP contribution in [0.15, 0.2) is 28.8 Å². The molecule has 2 rings (SSSR count). The Kier molecular flexibility index (Phi) is 4.20. The molecule has 0 aliphatic heterocycles. The zero-order valence-electron chi connectivity index (χ0n) is 11.4. The standard InChI is InChI=1S/C13H17N3O3S/c1-9-3-5-10(6-4-9)12-15-13(19-16-12)11(14)7-8-20(2,17)18/h3-6,11H,7-8,14H2,1-2H3. The Balaban J connectivity index is 2.10. The van der Waals surface area contributed by atoms with E-state index in [2.05, 4.69) is 10.1 Å². The lowest BCUT2D eigenvalue weighted by molar-refractivity contribution is 0.352. The van der Waals surface area contributed by atoms with Gasteiger partial charge in [0.2, 0.25) is 11.7 Å². The van der Waals surface area contributed by atoms with E-state index < -0.39 is 15.9 Å². The minimum absolute atomic E-state index is 0.00356. The third-order valence-electron chi connectivity index (χ3n) is 2.87. The van der Waals surface area contributed by atoms with Gasteiger partial charge in [0, 0.05) is 11.8 Å². The molecule has 0 radical (unpaired) electrons. The smallest absolute Gasteiger partial charge is 0.243 e. The van der Waals surface area contributed by atoms with Crippen LogP contribution in [0.4, 0.5) is 0 Å². The van der Waals surface area contributed by atoms with Crippen LogP contribution in [0.1, 0.15) is 23.9 Å². The summed E-state index contributed by atoms with van der Waals surface area (Å²) in [6, 6.07) is 7.12. The summed E-state index contributed by atoms with van der Waals surface area (Å²) in [5.74, 6) is 0.704. The highest BCUT2D eigenvalue weighted by Crippen LogP contribution is 2.19. The van der Waals surface area contributed by atoms with E-state index in [0.717, 1.165) is 11.1 Å². The number of benzene rings is 1. The average Bonchev–Trinajstić information content (AvgIpc) is 2.85. The van der Waals surface area contributed by atoms with Crippen LogP contribution >= 0.6 is 0 Å². The molecule has 0 aliphatic carbocycles. The Morgan fingerprint density at radius 2 is 1.95 bits per heavy atom. The van der Waals surface area contributed by atoms with Crippen molar-refractivity contribution in [1.82, 2.24) is 10.1 Å². The summed E-state index contributed by atoms with van der Waals surface area (Å²) >= 11 is 0. The number of rotatable bonds is 5. The van der Waals surface area contributed by atoms with Crippen LogP contribution < -0.4 is 5.73 Å². The van der Waals surface area contributed by atoms with Gasteiger partial charge in [-0.3, -0.25) is 0 Å².